The van der Waals surface area contributed by atoms with Crippen LogP contribution in [0.1, 0.15) is 19.8 Å². The molecule has 0 spiro atoms. The molecule has 174 valence electrons. The lowest BCUT2D eigenvalue weighted by Gasteiger charge is -2.19. The predicted molar refractivity (Wildman–Crippen MR) is 119 cm³/mol. The predicted octanol–water partition coefficient (Wildman–Crippen LogP) is 1.86. The van der Waals surface area contributed by atoms with Crippen molar-refractivity contribution in [3.8, 4) is 17.2 Å². The maximum atomic E-state index is 13.1. The first-order chi connectivity index (χ1) is 16.0. The Bertz CT molecular complexity index is 1190. The minimum Gasteiger partial charge on any atom is -0.492 e. The van der Waals surface area contributed by atoms with Crippen LogP contribution in [-0.2, 0) is 14.8 Å². The summed E-state index contributed by atoms with van der Waals surface area (Å²) in [6.45, 7) is 2.82. The maximum absolute atomic E-state index is 13.1. The number of anilines is 1. The van der Waals surface area contributed by atoms with Crippen LogP contribution in [0.4, 0.5) is 5.69 Å². The molecule has 1 aliphatic rings. The van der Waals surface area contributed by atoms with Gasteiger partial charge in [0.2, 0.25) is 10.0 Å². The van der Waals surface area contributed by atoms with Crippen LogP contribution in [0, 0.1) is 0 Å². The van der Waals surface area contributed by atoms with Crippen LogP contribution in [0.25, 0.3) is 5.69 Å². The molecule has 4 rings (SSSR count). The van der Waals surface area contributed by atoms with E-state index in [1.54, 1.807) is 43.3 Å². The van der Waals surface area contributed by atoms with Gasteiger partial charge in [-0.25, -0.2) is 13.1 Å². The number of amides is 1. The molecule has 12 heteroatoms. The molecule has 3 aromatic rings. The van der Waals surface area contributed by atoms with Crippen molar-refractivity contribution in [3.05, 3.63) is 48.8 Å². The number of ether oxygens (including phenoxy) is 2. The smallest absolute Gasteiger partial charge is 0.262 e. The van der Waals surface area contributed by atoms with E-state index in [-0.39, 0.29) is 17.3 Å². The van der Waals surface area contributed by atoms with E-state index < -0.39 is 15.9 Å². The van der Waals surface area contributed by atoms with Gasteiger partial charge >= 0.3 is 0 Å². The first-order valence-electron chi connectivity index (χ1n) is 10.5. The van der Waals surface area contributed by atoms with Gasteiger partial charge in [-0.2, -0.15) is 4.31 Å². The molecule has 2 heterocycles. The summed E-state index contributed by atoms with van der Waals surface area (Å²) < 4.78 is 40.2. The number of carbonyl (C=O) groups is 1. The minimum absolute atomic E-state index is 0.0446. The van der Waals surface area contributed by atoms with E-state index in [1.165, 1.54) is 21.4 Å². The van der Waals surface area contributed by atoms with Gasteiger partial charge in [-0.05, 0) is 72.7 Å². The highest BCUT2D eigenvalue weighted by Crippen LogP contribution is 2.31. The lowest BCUT2D eigenvalue weighted by molar-refractivity contribution is -0.118. The average molecular weight is 473 g/mol. The number of aromatic nitrogens is 4. The number of nitrogens with one attached hydrogen (secondary N) is 1. The summed E-state index contributed by atoms with van der Waals surface area (Å²) in [6.07, 6.45) is 3.12. The Hall–Kier alpha value is -3.51. The van der Waals surface area contributed by atoms with Crippen molar-refractivity contribution in [1.29, 1.82) is 0 Å². The van der Waals surface area contributed by atoms with Crippen LogP contribution in [0.15, 0.2) is 53.7 Å². The summed E-state index contributed by atoms with van der Waals surface area (Å²) in [5.41, 5.74) is 1.09. The number of hydrogen-bond donors (Lipinski definition) is 1. The van der Waals surface area contributed by atoms with E-state index in [1.807, 2.05) is 0 Å². The van der Waals surface area contributed by atoms with Crippen molar-refractivity contribution >= 4 is 21.6 Å². The third-order valence-electron chi connectivity index (χ3n) is 5.03. The minimum atomic E-state index is -3.72. The van der Waals surface area contributed by atoms with Gasteiger partial charge in [0.1, 0.15) is 22.7 Å². The largest absolute Gasteiger partial charge is 0.492 e. The summed E-state index contributed by atoms with van der Waals surface area (Å²) in [5, 5.41) is 13.6. The van der Waals surface area contributed by atoms with Gasteiger partial charge in [-0.1, -0.05) is 0 Å². The maximum Gasteiger partial charge on any atom is 0.262 e. The molecular formula is C21H24N6O5S. The summed E-state index contributed by atoms with van der Waals surface area (Å²) in [5.74, 6) is 0.334. The van der Waals surface area contributed by atoms with Crippen molar-refractivity contribution in [2.75, 3.05) is 31.6 Å². The zero-order valence-electron chi connectivity index (χ0n) is 18.0. The van der Waals surface area contributed by atoms with Crippen LogP contribution in [0.2, 0.25) is 0 Å². The Kier molecular flexibility index (Phi) is 6.84. The molecule has 33 heavy (non-hydrogen) atoms. The number of nitrogens with zero attached hydrogens (tertiary/aromatic N) is 5. The molecule has 2 aromatic carbocycles. The second-order valence-corrected chi connectivity index (χ2v) is 9.20. The standard InChI is InChI=1S/C21H24N6O5S/c1-2-31-19-10-5-16(13-20(19)33(29,30)26-11-3-4-12-26)23-21(28)14-32-18-8-6-17(7-9-18)27-15-22-24-25-27/h5-10,13,15H,2-4,11-12,14H2,1H3,(H,23,28). The molecule has 0 atom stereocenters. The number of benzene rings is 2. The molecule has 0 radical (unpaired) electrons. The first-order valence-corrected chi connectivity index (χ1v) is 11.9. The number of carbonyl (C=O) groups excluding carboxylic acids is 1. The van der Waals surface area contributed by atoms with Gasteiger partial charge < -0.3 is 14.8 Å². The molecule has 0 unspecified atom stereocenters. The van der Waals surface area contributed by atoms with Gasteiger partial charge in [0.25, 0.3) is 5.91 Å². The van der Waals surface area contributed by atoms with Crippen LogP contribution in [0.5, 0.6) is 11.5 Å². The third kappa shape index (κ3) is 5.29. The van der Waals surface area contributed by atoms with Gasteiger partial charge in [0.05, 0.1) is 12.3 Å². The van der Waals surface area contributed by atoms with Crippen molar-refractivity contribution in [3.63, 3.8) is 0 Å². The van der Waals surface area contributed by atoms with Crippen molar-refractivity contribution in [2.45, 2.75) is 24.7 Å². The number of tetrazole rings is 1. The third-order valence-corrected chi connectivity index (χ3v) is 6.95. The fraction of sp³-hybridized carbons (Fsp3) is 0.333. The van der Waals surface area contributed by atoms with E-state index in [2.05, 4.69) is 20.8 Å². The highest BCUT2D eigenvalue weighted by atomic mass is 32.2. The molecule has 1 amide bonds. The van der Waals surface area contributed by atoms with E-state index in [9.17, 15) is 13.2 Å². The highest BCUT2D eigenvalue weighted by molar-refractivity contribution is 7.89. The lowest BCUT2D eigenvalue weighted by Crippen LogP contribution is -2.28. The van der Waals surface area contributed by atoms with Crippen molar-refractivity contribution in [1.82, 2.24) is 24.5 Å². The fourth-order valence-corrected chi connectivity index (χ4v) is 5.12. The van der Waals surface area contributed by atoms with E-state index in [0.29, 0.717) is 31.1 Å². The van der Waals surface area contributed by atoms with Gasteiger partial charge in [-0.15, -0.1) is 5.10 Å². The van der Waals surface area contributed by atoms with Gasteiger partial charge in [0.15, 0.2) is 6.61 Å². The average Bonchev–Trinajstić information content (AvgIpc) is 3.54. The van der Waals surface area contributed by atoms with E-state index in [4.69, 9.17) is 9.47 Å². The quantitative estimate of drug-likeness (QED) is 0.500. The van der Waals surface area contributed by atoms with Crippen LogP contribution in [-0.4, -0.2) is 65.1 Å². The van der Waals surface area contributed by atoms with Crippen LogP contribution < -0.4 is 14.8 Å². The molecule has 11 nitrogen and oxygen atoms in total. The molecule has 0 aliphatic carbocycles. The zero-order valence-corrected chi connectivity index (χ0v) is 18.9. The van der Waals surface area contributed by atoms with Crippen LogP contribution >= 0.6 is 0 Å². The zero-order chi connectivity index (χ0) is 23.3. The van der Waals surface area contributed by atoms with Crippen molar-refractivity contribution < 1.29 is 22.7 Å². The number of hydrogen-bond acceptors (Lipinski definition) is 8. The summed E-state index contributed by atoms with van der Waals surface area (Å²) >= 11 is 0. The normalized spacial score (nSPS) is 14.2. The van der Waals surface area contributed by atoms with E-state index in [0.717, 1.165) is 18.5 Å². The molecule has 1 fully saturated rings. The molecule has 0 bridgehead atoms. The number of sulfonamides is 1. The van der Waals surface area contributed by atoms with Gasteiger partial charge in [-0.3, -0.25) is 4.79 Å². The monoisotopic (exact) mass is 472 g/mol. The summed E-state index contributed by atoms with van der Waals surface area (Å²) in [6, 6.07) is 11.5. The SMILES string of the molecule is CCOc1ccc(NC(=O)COc2ccc(-n3cnnn3)cc2)cc1S(=O)(=O)N1CCCC1. The highest BCUT2D eigenvalue weighted by Gasteiger charge is 2.30. The Morgan fingerprint density at radius 1 is 1.09 bits per heavy atom. The molecule has 1 N–H and O–H groups in total. The lowest BCUT2D eigenvalue weighted by atomic mass is 10.3. The summed E-state index contributed by atoms with van der Waals surface area (Å²) in [4.78, 5) is 12.5. The Morgan fingerprint density at radius 3 is 2.52 bits per heavy atom. The Morgan fingerprint density at radius 2 is 1.85 bits per heavy atom. The molecule has 0 saturated carbocycles. The van der Waals surface area contributed by atoms with Crippen LogP contribution in [0.3, 0.4) is 0 Å². The molecule has 1 saturated heterocycles. The second-order valence-electron chi connectivity index (χ2n) is 7.29. The fourth-order valence-electron chi connectivity index (χ4n) is 3.45. The second kappa shape index (κ2) is 9.96. The van der Waals surface area contributed by atoms with E-state index >= 15 is 0 Å². The van der Waals surface area contributed by atoms with Gasteiger partial charge in [0, 0.05) is 18.8 Å². The molecular weight excluding hydrogens is 448 g/mol. The topological polar surface area (TPSA) is 129 Å². The summed E-state index contributed by atoms with van der Waals surface area (Å²) in [7, 11) is -3.72. The molecule has 1 aromatic heterocycles. The first kappa shape index (κ1) is 22.7. The Labute approximate surface area is 191 Å². The Balaban J connectivity index is 1.42. The van der Waals surface area contributed by atoms with Crippen molar-refractivity contribution in [2.24, 2.45) is 0 Å². The molecule has 1 aliphatic heterocycles. The number of rotatable bonds is 9.